The van der Waals surface area contributed by atoms with Gasteiger partial charge in [-0.1, -0.05) is 53.5 Å². The second-order valence-corrected chi connectivity index (χ2v) is 8.17. The number of nitrogens with one attached hydrogen (secondary N) is 1. The van der Waals surface area contributed by atoms with Gasteiger partial charge >= 0.3 is 11.8 Å². The monoisotopic (exact) mass is 507 g/mol. The molecule has 4 aromatic rings. The Kier molecular flexibility index (Phi) is 6.29. The van der Waals surface area contributed by atoms with Crippen LogP contribution in [0.5, 0.6) is 5.75 Å². The molecule has 0 saturated carbocycles. The number of alkyl halides is 3. The number of fused-ring (bicyclic) bond motifs is 1. The van der Waals surface area contributed by atoms with Crippen molar-refractivity contribution >= 4 is 45.8 Å². The number of carbonyl (C=O) groups excluding carboxylic acids is 1. The summed E-state index contributed by atoms with van der Waals surface area (Å²) in [7, 11) is 0. The van der Waals surface area contributed by atoms with Crippen LogP contribution in [0.25, 0.3) is 22.1 Å². The highest BCUT2D eigenvalue weighted by Crippen LogP contribution is 2.38. The third-order valence-electron chi connectivity index (χ3n) is 5.03. The van der Waals surface area contributed by atoms with Gasteiger partial charge in [-0.3, -0.25) is 4.79 Å². The normalized spacial score (nSPS) is 11.6. The maximum absolute atomic E-state index is 13.4. The number of benzene rings is 3. The van der Waals surface area contributed by atoms with E-state index in [2.05, 4.69) is 5.32 Å². The number of hydrogen-bond acceptors (Lipinski definition) is 4. The van der Waals surface area contributed by atoms with E-state index in [9.17, 15) is 27.9 Å². The minimum atomic E-state index is -4.76. The topological polar surface area (TPSA) is 79.5 Å². The maximum Gasteiger partial charge on any atom is 0.418 e. The molecule has 1 heterocycles. The van der Waals surface area contributed by atoms with Crippen molar-refractivity contribution in [1.29, 1.82) is 0 Å². The Morgan fingerprint density at radius 3 is 2.41 bits per heavy atom. The van der Waals surface area contributed by atoms with Gasteiger partial charge in [-0.25, -0.2) is 4.79 Å². The molecule has 0 fully saturated rings. The molecule has 3 aromatic carbocycles. The number of carbonyl (C=O) groups is 1. The molecular formula is C24H14Cl2F3NO4. The van der Waals surface area contributed by atoms with Gasteiger partial charge in [0.2, 0.25) is 5.91 Å². The second kappa shape index (κ2) is 9.04. The van der Waals surface area contributed by atoms with Crippen molar-refractivity contribution < 1.29 is 27.5 Å². The van der Waals surface area contributed by atoms with Crippen LogP contribution in [0, 0.1) is 0 Å². The van der Waals surface area contributed by atoms with E-state index in [0.717, 1.165) is 6.07 Å². The van der Waals surface area contributed by atoms with Crippen molar-refractivity contribution in [2.24, 2.45) is 0 Å². The number of amides is 1. The van der Waals surface area contributed by atoms with Gasteiger partial charge in [0.15, 0.2) is 0 Å². The highest BCUT2D eigenvalue weighted by Gasteiger charge is 2.34. The third-order valence-corrected chi connectivity index (χ3v) is 5.57. The Morgan fingerprint density at radius 1 is 1.03 bits per heavy atom. The fourth-order valence-corrected chi connectivity index (χ4v) is 3.89. The van der Waals surface area contributed by atoms with Crippen LogP contribution < -0.4 is 10.9 Å². The van der Waals surface area contributed by atoms with E-state index in [0.29, 0.717) is 22.6 Å². The first-order valence-corrected chi connectivity index (χ1v) is 10.5. The Hall–Kier alpha value is -3.49. The zero-order chi connectivity index (χ0) is 24.6. The molecule has 2 N–H and O–H groups in total. The minimum Gasteiger partial charge on any atom is -0.506 e. The lowest BCUT2D eigenvalue weighted by Gasteiger charge is -2.15. The van der Waals surface area contributed by atoms with E-state index in [1.807, 2.05) is 0 Å². The van der Waals surface area contributed by atoms with Crippen LogP contribution in [0.3, 0.4) is 0 Å². The Morgan fingerprint density at radius 2 is 1.74 bits per heavy atom. The number of halogens is 5. The molecule has 34 heavy (non-hydrogen) atoms. The molecule has 0 bridgehead atoms. The first-order valence-electron chi connectivity index (χ1n) is 9.75. The van der Waals surface area contributed by atoms with Crippen molar-refractivity contribution in [1.82, 2.24) is 0 Å². The molecule has 5 nitrogen and oxygen atoms in total. The molecule has 0 aliphatic carbocycles. The summed E-state index contributed by atoms with van der Waals surface area (Å²) in [6, 6.07) is 14.0. The lowest BCUT2D eigenvalue weighted by molar-refractivity contribution is -0.137. The molecule has 0 unspecified atom stereocenters. The predicted octanol–water partition coefficient (Wildman–Crippen LogP) is 6.67. The van der Waals surface area contributed by atoms with Crippen molar-refractivity contribution in [3.05, 3.63) is 92.3 Å². The van der Waals surface area contributed by atoms with Crippen LogP contribution in [0.15, 0.2) is 69.9 Å². The number of phenolic OH excluding ortho intramolecular Hbond substituents is 1. The van der Waals surface area contributed by atoms with Crippen molar-refractivity contribution in [3.63, 3.8) is 0 Å². The first kappa shape index (κ1) is 23.7. The SMILES string of the molecule is O=C(Cc1c(-c2ccccc2)c2cc(O)c(Cl)cc2oc1=O)Nc1ccc(Cl)cc1C(F)(F)F. The minimum absolute atomic E-state index is 0.0393. The lowest BCUT2D eigenvalue weighted by Crippen LogP contribution is -2.22. The summed E-state index contributed by atoms with van der Waals surface area (Å²) in [6.45, 7) is 0. The van der Waals surface area contributed by atoms with E-state index >= 15 is 0 Å². The molecule has 174 valence electrons. The third kappa shape index (κ3) is 4.73. The standard InChI is InChI=1S/C24H14Cl2F3NO4/c25-13-6-7-18(16(8-13)24(27,28)29)30-21(32)10-15-22(12-4-2-1-3-5-12)14-9-19(31)17(26)11-20(14)34-23(15)33/h1-9,11,31H,10H2,(H,30,32). The van der Waals surface area contributed by atoms with Gasteiger partial charge in [-0.05, 0) is 29.8 Å². The van der Waals surface area contributed by atoms with E-state index in [-0.39, 0.29) is 26.9 Å². The Balaban J connectivity index is 1.82. The maximum atomic E-state index is 13.4. The van der Waals surface area contributed by atoms with Crippen LogP contribution in [-0.2, 0) is 17.4 Å². The molecule has 0 saturated heterocycles. The van der Waals surface area contributed by atoms with Gasteiger partial charge in [-0.2, -0.15) is 13.2 Å². The Labute approximate surface area is 200 Å². The molecule has 0 radical (unpaired) electrons. The number of rotatable bonds is 4. The van der Waals surface area contributed by atoms with E-state index in [1.165, 1.54) is 18.2 Å². The average Bonchev–Trinajstić information content (AvgIpc) is 2.77. The number of hydrogen-bond donors (Lipinski definition) is 2. The van der Waals surface area contributed by atoms with Gasteiger partial charge in [-0.15, -0.1) is 0 Å². The van der Waals surface area contributed by atoms with E-state index in [4.69, 9.17) is 27.6 Å². The molecule has 0 aliphatic heterocycles. The van der Waals surface area contributed by atoms with Crippen LogP contribution in [0.1, 0.15) is 11.1 Å². The molecule has 0 atom stereocenters. The highest BCUT2D eigenvalue weighted by molar-refractivity contribution is 6.32. The molecule has 0 spiro atoms. The van der Waals surface area contributed by atoms with Gasteiger partial charge in [0, 0.05) is 22.0 Å². The zero-order valence-corrected chi connectivity index (χ0v) is 18.6. The largest absolute Gasteiger partial charge is 0.506 e. The molecular weight excluding hydrogens is 494 g/mol. The first-order chi connectivity index (χ1) is 16.0. The summed E-state index contributed by atoms with van der Waals surface area (Å²) < 4.78 is 45.5. The summed E-state index contributed by atoms with van der Waals surface area (Å²) in [5.74, 6) is -1.15. The summed E-state index contributed by atoms with van der Waals surface area (Å²) in [4.78, 5) is 25.6. The summed E-state index contributed by atoms with van der Waals surface area (Å²) >= 11 is 11.6. The molecule has 4 rings (SSSR count). The average molecular weight is 508 g/mol. The number of anilines is 1. The van der Waals surface area contributed by atoms with Crippen LogP contribution in [0.2, 0.25) is 10.0 Å². The lowest BCUT2D eigenvalue weighted by atomic mass is 9.95. The van der Waals surface area contributed by atoms with Crippen molar-refractivity contribution in [2.75, 3.05) is 5.32 Å². The van der Waals surface area contributed by atoms with Gasteiger partial charge < -0.3 is 14.8 Å². The summed E-state index contributed by atoms with van der Waals surface area (Å²) in [6.07, 6.45) is -5.35. The second-order valence-electron chi connectivity index (χ2n) is 7.32. The van der Waals surface area contributed by atoms with Gasteiger partial charge in [0.1, 0.15) is 11.3 Å². The van der Waals surface area contributed by atoms with E-state index in [1.54, 1.807) is 30.3 Å². The smallest absolute Gasteiger partial charge is 0.418 e. The summed E-state index contributed by atoms with van der Waals surface area (Å²) in [5.41, 5.74) is -1.68. The highest BCUT2D eigenvalue weighted by atomic mass is 35.5. The fraction of sp³-hybridized carbons (Fsp3) is 0.0833. The Bertz CT molecular complexity index is 1470. The van der Waals surface area contributed by atoms with Crippen molar-refractivity contribution in [2.45, 2.75) is 12.6 Å². The van der Waals surface area contributed by atoms with Crippen LogP contribution in [-0.4, -0.2) is 11.0 Å². The van der Waals surface area contributed by atoms with Crippen LogP contribution >= 0.6 is 23.2 Å². The molecule has 0 aliphatic rings. The van der Waals surface area contributed by atoms with Crippen LogP contribution in [0.4, 0.5) is 18.9 Å². The zero-order valence-electron chi connectivity index (χ0n) is 17.0. The van der Waals surface area contributed by atoms with E-state index < -0.39 is 35.4 Å². The quantitative estimate of drug-likeness (QED) is 0.302. The molecule has 10 heteroatoms. The van der Waals surface area contributed by atoms with Gasteiger partial charge in [0.25, 0.3) is 0 Å². The molecule has 1 aromatic heterocycles. The number of aromatic hydroxyl groups is 1. The predicted molar refractivity (Wildman–Crippen MR) is 123 cm³/mol. The van der Waals surface area contributed by atoms with Gasteiger partial charge in [0.05, 0.1) is 28.3 Å². The fourth-order valence-electron chi connectivity index (χ4n) is 3.56. The van der Waals surface area contributed by atoms with Crippen molar-refractivity contribution in [3.8, 4) is 16.9 Å². The molecule has 1 amide bonds. The summed E-state index contributed by atoms with van der Waals surface area (Å²) in [5, 5.41) is 12.4. The number of phenols is 1.